The van der Waals surface area contributed by atoms with Crippen LogP contribution >= 0.6 is 0 Å². The van der Waals surface area contributed by atoms with Crippen molar-refractivity contribution in [1.29, 1.82) is 0 Å². The van der Waals surface area contributed by atoms with Crippen molar-refractivity contribution in [3.63, 3.8) is 0 Å². The van der Waals surface area contributed by atoms with E-state index in [1.54, 1.807) is 25.2 Å². The highest BCUT2D eigenvalue weighted by molar-refractivity contribution is 5.90. The van der Waals surface area contributed by atoms with Gasteiger partial charge in [0.2, 0.25) is 0 Å². The molecule has 0 spiro atoms. The average molecular weight is 350 g/mol. The van der Waals surface area contributed by atoms with Gasteiger partial charge in [0, 0.05) is 12.0 Å². The van der Waals surface area contributed by atoms with Crippen molar-refractivity contribution in [1.82, 2.24) is 0 Å². The van der Waals surface area contributed by atoms with E-state index in [4.69, 9.17) is 4.74 Å². The van der Waals surface area contributed by atoms with Gasteiger partial charge >= 0.3 is 5.97 Å². The molecular weight excluding hydrogens is 320 g/mol. The first-order valence-electron chi connectivity index (χ1n) is 8.95. The second-order valence-electron chi connectivity index (χ2n) is 7.89. The van der Waals surface area contributed by atoms with Crippen LogP contribution in [0.2, 0.25) is 0 Å². The third kappa shape index (κ3) is 5.03. The Kier molecular flexibility index (Phi) is 5.92. The highest BCUT2D eigenvalue weighted by Crippen LogP contribution is 2.32. The highest BCUT2D eigenvalue weighted by Gasteiger charge is 2.33. The van der Waals surface area contributed by atoms with Crippen molar-refractivity contribution in [3.8, 4) is 0 Å². The molecule has 0 fully saturated rings. The van der Waals surface area contributed by atoms with Crippen molar-refractivity contribution in [2.24, 2.45) is 5.92 Å². The lowest BCUT2D eigenvalue weighted by Crippen LogP contribution is -2.34. The van der Waals surface area contributed by atoms with Gasteiger partial charge in [-0.05, 0) is 50.2 Å². The van der Waals surface area contributed by atoms with Crippen molar-refractivity contribution < 1.29 is 24.9 Å². The van der Waals surface area contributed by atoms with Crippen LogP contribution in [0.4, 0.5) is 0 Å². The second-order valence-corrected chi connectivity index (χ2v) is 7.89. The minimum atomic E-state index is -1.14. The van der Waals surface area contributed by atoms with E-state index >= 15 is 0 Å². The Morgan fingerprint density at radius 2 is 1.96 bits per heavy atom. The maximum atomic E-state index is 12.0. The molecule has 0 saturated heterocycles. The molecule has 1 aliphatic carbocycles. The first-order chi connectivity index (χ1) is 11.5. The molecule has 0 amide bonds. The molecule has 4 atom stereocenters. The molecule has 5 nitrogen and oxygen atoms in total. The van der Waals surface area contributed by atoms with Gasteiger partial charge in [-0.1, -0.05) is 32.6 Å². The number of hydrogen-bond acceptors (Lipinski definition) is 5. The lowest BCUT2D eigenvalue weighted by atomic mass is 9.82. The SMILES string of the molecule is C=C1C[C@@H]2C=C(CC[C@](O)(C(C)C)/C=C\[C@@](C)(O)CC[C@H]1O)C(=O)O2. The Morgan fingerprint density at radius 1 is 1.28 bits per heavy atom. The fraction of sp³-hybridized carbons (Fsp3) is 0.650. The highest BCUT2D eigenvalue weighted by atomic mass is 16.5. The van der Waals surface area contributed by atoms with Gasteiger partial charge < -0.3 is 20.1 Å². The van der Waals surface area contributed by atoms with E-state index in [-0.39, 0.29) is 11.9 Å². The van der Waals surface area contributed by atoms with E-state index in [0.29, 0.717) is 43.3 Å². The molecule has 25 heavy (non-hydrogen) atoms. The molecule has 2 aliphatic rings. The first kappa shape index (κ1) is 19.9. The summed E-state index contributed by atoms with van der Waals surface area (Å²) in [6.45, 7) is 9.35. The molecule has 3 N–H and O–H groups in total. The standard InChI is InChI=1S/C20H30O5/c1-13(2)20(24)8-5-15-12-16(25-18(15)22)11-14(3)17(21)6-7-19(4,23)9-10-20/h9-10,12-13,16-17,21,23-24H,3,5-8,11H2,1-2,4H3/b10-9-/t16-,17-,19+,20-/m1/s1. The Bertz CT molecular complexity index is 587. The fourth-order valence-electron chi connectivity index (χ4n) is 3.16. The van der Waals surface area contributed by atoms with Gasteiger partial charge in [0.05, 0.1) is 17.3 Å². The lowest BCUT2D eigenvalue weighted by molar-refractivity contribution is -0.139. The van der Waals surface area contributed by atoms with Gasteiger partial charge in [0.15, 0.2) is 0 Å². The number of carbonyl (C=O) groups is 1. The predicted octanol–water partition coefficient (Wildman–Crippen LogP) is 2.41. The summed E-state index contributed by atoms with van der Waals surface area (Å²) in [4.78, 5) is 12.0. The Labute approximate surface area is 149 Å². The van der Waals surface area contributed by atoms with Crippen LogP contribution in [0.3, 0.4) is 0 Å². The summed E-state index contributed by atoms with van der Waals surface area (Å²) in [5.41, 5.74) is -1.14. The summed E-state index contributed by atoms with van der Waals surface area (Å²) in [6.07, 6.45) is 5.60. The van der Waals surface area contributed by atoms with Gasteiger partial charge in [0.25, 0.3) is 0 Å². The zero-order valence-electron chi connectivity index (χ0n) is 15.4. The summed E-state index contributed by atoms with van der Waals surface area (Å²) >= 11 is 0. The number of aliphatic hydroxyl groups is 3. The largest absolute Gasteiger partial charge is 0.454 e. The molecule has 2 bridgehead atoms. The average Bonchev–Trinajstić information content (AvgIpc) is 2.87. The Morgan fingerprint density at radius 3 is 2.60 bits per heavy atom. The number of fused-ring (bicyclic) bond motifs is 1. The second kappa shape index (κ2) is 7.44. The number of hydrogen-bond donors (Lipinski definition) is 3. The first-order valence-corrected chi connectivity index (χ1v) is 8.95. The smallest absolute Gasteiger partial charge is 0.334 e. The van der Waals surface area contributed by atoms with Gasteiger partial charge in [-0.3, -0.25) is 0 Å². The molecule has 140 valence electrons. The fourth-order valence-corrected chi connectivity index (χ4v) is 3.16. The van der Waals surface area contributed by atoms with E-state index < -0.39 is 23.4 Å². The summed E-state index contributed by atoms with van der Waals surface area (Å²) in [5, 5.41) is 31.7. The third-order valence-electron chi connectivity index (χ3n) is 5.29. The molecule has 0 unspecified atom stereocenters. The van der Waals surface area contributed by atoms with Crippen LogP contribution < -0.4 is 0 Å². The molecule has 1 heterocycles. The maximum absolute atomic E-state index is 12.0. The summed E-state index contributed by atoms with van der Waals surface area (Å²) in [7, 11) is 0. The minimum absolute atomic E-state index is 0.0772. The third-order valence-corrected chi connectivity index (χ3v) is 5.29. The van der Waals surface area contributed by atoms with Crippen LogP contribution in [0, 0.1) is 5.92 Å². The molecule has 5 heteroatoms. The monoisotopic (exact) mass is 350 g/mol. The van der Waals surface area contributed by atoms with E-state index in [0.717, 1.165) is 0 Å². The van der Waals surface area contributed by atoms with E-state index in [2.05, 4.69) is 6.58 Å². The number of esters is 1. The van der Waals surface area contributed by atoms with E-state index in [9.17, 15) is 20.1 Å². The van der Waals surface area contributed by atoms with E-state index in [1.807, 2.05) is 13.8 Å². The summed E-state index contributed by atoms with van der Waals surface area (Å²) in [6, 6.07) is 0. The lowest BCUT2D eigenvalue weighted by Gasteiger charge is -2.31. The van der Waals surface area contributed by atoms with Crippen molar-refractivity contribution in [2.45, 2.75) is 76.3 Å². The van der Waals surface area contributed by atoms with Crippen molar-refractivity contribution >= 4 is 5.97 Å². The number of ether oxygens (including phenoxy) is 1. The zero-order valence-corrected chi connectivity index (χ0v) is 15.4. The van der Waals surface area contributed by atoms with Gasteiger partial charge in [-0.25, -0.2) is 4.79 Å². The molecule has 0 aromatic carbocycles. The van der Waals surface area contributed by atoms with E-state index in [1.165, 1.54) is 0 Å². The van der Waals surface area contributed by atoms with Crippen LogP contribution in [-0.4, -0.2) is 44.7 Å². The molecular formula is C20H30O5. The Hall–Kier alpha value is -1.43. The van der Waals surface area contributed by atoms with Gasteiger partial charge in [-0.15, -0.1) is 0 Å². The molecule has 0 saturated carbocycles. The van der Waals surface area contributed by atoms with Crippen LogP contribution in [-0.2, 0) is 9.53 Å². The van der Waals surface area contributed by atoms with Gasteiger partial charge in [-0.2, -0.15) is 0 Å². The summed E-state index contributed by atoms with van der Waals surface area (Å²) < 4.78 is 5.34. The predicted molar refractivity (Wildman–Crippen MR) is 95.7 cm³/mol. The molecule has 0 aromatic rings. The van der Waals surface area contributed by atoms with Crippen LogP contribution in [0.25, 0.3) is 0 Å². The molecule has 1 aliphatic heterocycles. The van der Waals surface area contributed by atoms with Crippen molar-refractivity contribution in [2.75, 3.05) is 0 Å². The van der Waals surface area contributed by atoms with Crippen molar-refractivity contribution in [3.05, 3.63) is 36.0 Å². The molecule has 2 rings (SSSR count). The number of rotatable bonds is 1. The van der Waals surface area contributed by atoms with Crippen LogP contribution in [0.15, 0.2) is 36.0 Å². The topological polar surface area (TPSA) is 87.0 Å². The Balaban J connectivity index is 2.30. The zero-order chi connectivity index (χ0) is 18.8. The van der Waals surface area contributed by atoms with Crippen LogP contribution in [0.5, 0.6) is 0 Å². The summed E-state index contributed by atoms with van der Waals surface area (Å²) in [5.74, 6) is -0.448. The van der Waals surface area contributed by atoms with Crippen LogP contribution in [0.1, 0.15) is 52.9 Å². The number of carbonyl (C=O) groups excluding carboxylic acids is 1. The molecule has 0 aromatic heterocycles. The maximum Gasteiger partial charge on any atom is 0.334 e. The van der Waals surface area contributed by atoms with Gasteiger partial charge in [0.1, 0.15) is 6.10 Å². The molecule has 0 radical (unpaired) electrons. The minimum Gasteiger partial charge on any atom is -0.454 e. The quantitative estimate of drug-likeness (QED) is 0.499. The normalized spacial score (nSPS) is 38.9. The number of aliphatic hydroxyl groups excluding tert-OH is 1.